The highest BCUT2D eigenvalue weighted by atomic mass is 32.2. The zero-order chi connectivity index (χ0) is 11.5. The fraction of sp³-hybridized carbons (Fsp3) is 0.250. The number of nitrogens with two attached hydrogens (primary N) is 1. The summed E-state index contributed by atoms with van der Waals surface area (Å²) in [6.45, 7) is 1.71. The summed E-state index contributed by atoms with van der Waals surface area (Å²) in [5.41, 5.74) is 5.51. The first kappa shape index (κ1) is 10.7. The molecule has 0 aliphatic carbocycles. The summed E-state index contributed by atoms with van der Waals surface area (Å²) in [6, 6.07) is 1.64. The predicted molar refractivity (Wildman–Crippen MR) is 56.2 cm³/mol. The highest BCUT2D eigenvalue weighted by molar-refractivity contribution is 7.99. The number of ether oxygens (including phenoxy) is 1. The van der Waals surface area contributed by atoms with Gasteiger partial charge in [0.1, 0.15) is 5.03 Å². The number of nitrogens with zero attached hydrogens (tertiary/aromatic N) is 4. The number of aryl methyl sites for hydroxylation is 1. The van der Waals surface area contributed by atoms with E-state index in [1.165, 1.54) is 18.9 Å². The number of methoxy groups -OCH3 is 1. The zero-order valence-electron chi connectivity index (χ0n) is 8.67. The lowest BCUT2D eigenvalue weighted by molar-refractivity contribution is 0.395. The molecule has 0 saturated heterocycles. The maximum absolute atomic E-state index is 5.51. The molecule has 0 fully saturated rings. The number of anilines is 1. The molecule has 2 heterocycles. The normalized spacial score (nSPS) is 10.4. The Morgan fingerprint density at radius 1 is 1.38 bits per heavy atom. The van der Waals surface area contributed by atoms with E-state index in [0.717, 1.165) is 0 Å². The summed E-state index contributed by atoms with van der Waals surface area (Å²) >= 11 is 1.20. The second kappa shape index (κ2) is 4.35. The van der Waals surface area contributed by atoms with Crippen LogP contribution in [0.2, 0.25) is 0 Å². The molecular weight excluding hydrogens is 230 g/mol. The third-order valence-electron chi connectivity index (χ3n) is 1.60. The molecule has 0 saturated carbocycles. The first-order chi connectivity index (χ1) is 7.67. The molecule has 2 rings (SSSR count). The molecule has 0 aromatic carbocycles. The molecule has 0 aliphatic heterocycles. The van der Waals surface area contributed by atoms with Gasteiger partial charge in [0.25, 0.3) is 5.22 Å². The Morgan fingerprint density at radius 2 is 2.19 bits per heavy atom. The standard InChI is InChI=1S/C8H9N5O2S/c1-4-12-13-8(15-4)16-6-3-5(14-2)10-7(9)11-6/h3H,1-2H3,(H2,9,10,11). The molecule has 0 bridgehead atoms. The van der Waals surface area contributed by atoms with Gasteiger partial charge in [0.15, 0.2) is 0 Å². The van der Waals surface area contributed by atoms with Gasteiger partial charge in [-0.05, 0) is 11.8 Å². The molecule has 16 heavy (non-hydrogen) atoms. The van der Waals surface area contributed by atoms with Gasteiger partial charge in [0, 0.05) is 13.0 Å². The van der Waals surface area contributed by atoms with Crippen LogP contribution in [0.5, 0.6) is 5.88 Å². The minimum atomic E-state index is 0.137. The van der Waals surface area contributed by atoms with Gasteiger partial charge in [-0.3, -0.25) is 0 Å². The van der Waals surface area contributed by atoms with Crippen LogP contribution in [0.4, 0.5) is 5.95 Å². The van der Waals surface area contributed by atoms with Crippen molar-refractivity contribution in [1.29, 1.82) is 0 Å². The molecule has 7 nitrogen and oxygen atoms in total. The summed E-state index contributed by atoms with van der Waals surface area (Å²) in [7, 11) is 1.51. The first-order valence-corrected chi connectivity index (χ1v) is 5.15. The number of hydrogen-bond acceptors (Lipinski definition) is 8. The Hall–Kier alpha value is -1.83. The number of nitrogen functional groups attached to an aromatic ring is 1. The lowest BCUT2D eigenvalue weighted by Gasteiger charge is -2.01. The summed E-state index contributed by atoms with van der Waals surface area (Å²) in [5.74, 6) is 1.03. The van der Waals surface area contributed by atoms with Crippen molar-refractivity contribution >= 4 is 17.7 Å². The molecule has 8 heteroatoms. The largest absolute Gasteiger partial charge is 0.481 e. The Labute approximate surface area is 95.4 Å². The van der Waals surface area contributed by atoms with E-state index in [-0.39, 0.29) is 5.95 Å². The van der Waals surface area contributed by atoms with Crippen LogP contribution in [0.25, 0.3) is 0 Å². The molecule has 84 valence electrons. The highest BCUT2D eigenvalue weighted by Gasteiger charge is 2.09. The minimum absolute atomic E-state index is 0.137. The Bertz CT molecular complexity index is 501. The van der Waals surface area contributed by atoms with Gasteiger partial charge < -0.3 is 14.9 Å². The molecule has 2 aromatic heterocycles. The Morgan fingerprint density at radius 3 is 2.81 bits per heavy atom. The van der Waals surface area contributed by atoms with Gasteiger partial charge in [-0.25, -0.2) is 4.98 Å². The van der Waals surface area contributed by atoms with Crippen LogP contribution in [-0.4, -0.2) is 27.3 Å². The van der Waals surface area contributed by atoms with Gasteiger partial charge in [0.2, 0.25) is 17.7 Å². The third-order valence-corrected chi connectivity index (χ3v) is 2.36. The maximum Gasteiger partial charge on any atom is 0.282 e. The summed E-state index contributed by atoms with van der Waals surface area (Å²) in [5, 5.41) is 8.53. The molecule has 0 aliphatic rings. The third kappa shape index (κ3) is 2.40. The molecule has 0 amide bonds. The summed E-state index contributed by atoms with van der Waals surface area (Å²) in [6.07, 6.45) is 0. The van der Waals surface area contributed by atoms with E-state index in [4.69, 9.17) is 14.9 Å². The van der Waals surface area contributed by atoms with E-state index >= 15 is 0 Å². The van der Waals surface area contributed by atoms with Crippen LogP contribution in [0.1, 0.15) is 5.89 Å². The minimum Gasteiger partial charge on any atom is -0.481 e. The first-order valence-electron chi connectivity index (χ1n) is 4.34. The lowest BCUT2D eigenvalue weighted by Crippen LogP contribution is -1.98. The van der Waals surface area contributed by atoms with Crippen LogP contribution < -0.4 is 10.5 Å². The fourth-order valence-corrected chi connectivity index (χ4v) is 1.71. The fourth-order valence-electron chi connectivity index (χ4n) is 0.987. The van der Waals surface area contributed by atoms with Crippen molar-refractivity contribution in [1.82, 2.24) is 20.2 Å². The van der Waals surface area contributed by atoms with E-state index in [0.29, 0.717) is 22.0 Å². The second-order valence-corrected chi connectivity index (χ2v) is 3.77. The van der Waals surface area contributed by atoms with Gasteiger partial charge in [0.05, 0.1) is 7.11 Å². The van der Waals surface area contributed by atoms with Gasteiger partial charge in [-0.2, -0.15) is 4.98 Å². The quantitative estimate of drug-likeness (QED) is 0.789. The van der Waals surface area contributed by atoms with Crippen LogP contribution >= 0.6 is 11.8 Å². The van der Waals surface area contributed by atoms with Crippen molar-refractivity contribution in [3.8, 4) is 5.88 Å². The second-order valence-electron chi connectivity index (χ2n) is 2.80. The van der Waals surface area contributed by atoms with Crippen molar-refractivity contribution in [2.45, 2.75) is 17.2 Å². The molecule has 0 unspecified atom stereocenters. The molecule has 2 N–H and O–H groups in total. The maximum atomic E-state index is 5.51. The number of hydrogen-bond donors (Lipinski definition) is 1. The molecule has 0 atom stereocenters. The molecule has 0 spiro atoms. The van der Waals surface area contributed by atoms with Gasteiger partial charge in [-0.15, -0.1) is 10.2 Å². The Balaban J connectivity index is 2.24. The van der Waals surface area contributed by atoms with E-state index in [1.54, 1.807) is 13.0 Å². The van der Waals surface area contributed by atoms with Gasteiger partial charge in [-0.1, -0.05) is 0 Å². The average molecular weight is 239 g/mol. The average Bonchev–Trinajstić information content (AvgIpc) is 2.63. The molecular formula is C8H9N5O2S. The van der Waals surface area contributed by atoms with E-state index in [9.17, 15) is 0 Å². The zero-order valence-corrected chi connectivity index (χ0v) is 9.48. The van der Waals surface area contributed by atoms with E-state index in [2.05, 4.69) is 20.2 Å². The summed E-state index contributed by atoms with van der Waals surface area (Å²) in [4.78, 5) is 7.87. The number of rotatable bonds is 3. The lowest BCUT2D eigenvalue weighted by atomic mass is 10.6. The van der Waals surface area contributed by atoms with Crippen molar-refractivity contribution in [2.75, 3.05) is 12.8 Å². The predicted octanol–water partition coefficient (Wildman–Crippen LogP) is 0.910. The summed E-state index contributed by atoms with van der Waals surface area (Å²) < 4.78 is 10.2. The monoisotopic (exact) mass is 239 g/mol. The molecule has 2 aromatic rings. The van der Waals surface area contributed by atoms with Crippen LogP contribution in [-0.2, 0) is 0 Å². The van der Waals surface area contributed by atoms with Gasteiger partial charge >= 0.3 is 0 Å². The van der Waals surface area contributed by atoms with Crippen LogP contribution in [0, 0.1) is 6.92 Å². The smallest absolute Gasteiger partial charge is 0.282 e. The highest BCUT2D eigenvalue weighted by Crippen LogP contribution is 2.27. The number of aromatic nitrogens is 4. The van der Waals surface area contributed by atoms with Crippen molar-refractivity contribution in [2.24, 2.45) is 0 Å². The van der Waals surface area contributed by atoms with E-state index in [1.807, 2.05) is 0 Å². The van der Waals surface area contributed by atoms with Crippen LogP contribution in [0.3, 0.4) is 0 Å². The van der Waals surface area contributed by atoms with Crippen molar-refractivity contribution in [3.05, 3.63) is 12.0 Å². The Kier molecular flexibility index (Phi) is 2.91. The van der Waals surface area contributed by atoms with Crippen molar-refractivity contribution in [3.63, 3.8) is 0 Å². The molecule has 0 radical (unpaired) electrons. The van der Waals surface area contributed by atoms with E-state index < -0.39 is 0 Å². The van der Waals surface area contributed by atoms with Crippen molar-refractivity contribution < 1.29 is 9.15 Å². The van der Waals surface area contributed by atoms with Crippen LogP contribution in [0.15, 0.2) is 20.7 Å². The topological polar surface area (TPSA) is 100.0 Å². The SMILES string of the molecule is COc1cc(Sc2nnc(C)o2)nc(N)n1.